The topological polar surface area (TPSA) is 85.4 Å². The van der Waals surface area contributed by atoms with Crippen LogP contribution in [0.15, 0.2) is 6.20 Å². The van der Waals surface area contributed by atoms with E-state index in [9.17, 15) is 9.18 Å². The summed E-state index contributed by atoms with van der Waals surface area (Å²) in [6, 6.07) is -0.113. The van der Waals surface area contributed by atoms with Crippen LogP contribution in [0.1, 0.15) is 31.7 Å². The number of ether oxygens (including phenoxy) is 2. The van der Waals surface area contributed by atoms with E-state index in [0.29, 0.717) is 44.5 Å². The lowest BCUT2D eigenvalue weighted by Crippen LogP contribution is -2.56. The van der Waals surface area contributed by atoms with E-state index in [4.69, 9.17) is 9.47 Å². The Balaban J connectivity index is 1.45. The molecule has 0 radical (unpaired) electrons. The molecule has 2 N–H and O–H groups in total. The Morgan fingerprint density at radius 3 is 3.00 bits per heavy atom. The van der Waals surface area contributed by atoms with E-state index in [2.05, 4.69) is 20.6 Å². The number of hydrogen-bond acceptors (Lipinski definition) is 6. The van der Waals surface area contributed by atoms with Crippen LogP contribution in [0.2, 0.25) is 0 Å². The zero-order valence-electron chi connectivity index (χ0n) is 14.7. The van der Waals surface area contributed by atoms with Gasteiger partial charge in [-0.1, -0.05) is 0 Å². The second-order valence-electron chi connectivity index (χ2n) is 6.79. The van der Waals surface area contributed by atoms with Gasteiger partial charge in [0.2, 0.25) is 17.7 Å². The van der Waals surface area contributed by atoms with Gasteiger partial charge >= 0.3 is 0 Å². The van der Waals surface area contributed by atoms with E-state index >= 15 is 0 Å². The summed E-state index contributed by atoms with van der Waals surface area (Å²) in [6.07, 6.45) is 2.99. The van der Waals surface area contributed by atoms with Crippen molar-refractivity contribution in [1.82, 2.24) is 15.3 Å². The van der Waals surface area contributed by atoms with Gasteiger partial charge in [0.1, 0.15) is 5.67 Å². The third kappa shape index (κ3) is 4.36. The molecule has 25 heavy (non-hydrogen) atoms. The lowest BCUT2D eigenvalue weighted by atomic mass is 9.77. The molecule has 0 spiro atoms. The summed E-state index contributed by atoms with van der Waals surface area (Å²) in [5, 5.41) is 5.84. The summed E-state index contributed by atoms with van der Waals surface area (Å²) >= 11 is 0. The molecule has 138 valence electrons. The van der Waals surface area contributed by atoms with Crippen LogP contribution in [0.5, 0.6) is 5.88 Å². The number of carbonyl (C=O) groups excluding carboxylic acids is 1. The molecule has 1 atom stereocenters. The predicted octanol–water partition coefficient (Wildman–Crippen LogP) is 1.62. The van der Waals surface area contributed by atoms with E-state index in [0.717, 1.165) is 12.0 Å². The number of aromatic nitrogens is 2. The van der Waals surface area contributed by atoms with Crippen molar-refractivity contribution in [1.29, 1.82) is 0 Å². The van der Waals surface area contributed by atoms with E-state index < -0.39 is 5.67 Å². The summed E-state index contributed by atoms with van der Waals surface area (Å²) in [5.74, 6) is 0.735. The van der Waals surface area contributed by atoms with Gasteiger partial charge in [0.05, 0.1) is 25.7 Å². The normalized spacial score (nSPS) is 28.3. The first-order valence-corrected chi connectivity index (χ1v) is 8.76. The highest BCUT2D eigenvalue weighted by molar-refractivity contribution is 5.79. The number of nitrogens with one attached hydrogen (secondary N) is 2. The molecule has 7 nitrogen and oxygen atoms in total. The van der Waals surface area contributed by atoms with Gasteiger partial charge in [-0.25, -0.2) is 9.37 Å². The van der Waals surface area contributed by atoms with Crippen LogP contribution < -0.4 is 15.4 Å². The van der Waals surface area contributed by atoms with Crippen molar-refractivity contribution in [2.45, 2.75) is 44.8 Å². The first-order chi connectivity index (χ1) is 12.0. The molecule has 1 saturated heterocycles. The largest absolute Gasteiger partial charge is 0.478 e. The fourth-order valence-corrected chi connectivity index (χ4v) is 3.16. The van der Waals surface area contributed by atoms with Crippen LogP contribution in [-0.4, -0.2) is 54.0 Å². The summed E-state index contributed by atoms with van der Waals surface area (Å²) < 4.78 is 25.3. The van der Waals surface area contributed by atoms with E-state index in [-0.39, 0.29) is 24.4 Å². The van der Waals surface area contributed by atoms with Crippen molar-refractivity contribution in [3.05, 3.63) is 11.8 Å². The van der Waals surface area contributed by atoms with Gasteiger partial charge < -0.3 is 20.1 Å². The lowest BCUT2D eigenvalue weighted by molar-refractivity contribution is -0.127. The number of anilines is 1. The van der Waals surface area contributed by atoms with Crippen LogP contribution in [0.25, 0.3) is 0 Å². The average Bonchev–Trinajstić information content (AvgIpc) is 3.09. The number of carbonyl (C=O) groups is 1. The van der Waals surface area contributed by atoms with Crippen LogP contribution in [0, 0.1) is 12.8 Å². The Morgan fingerprint density at radius 1 is 1.52 bits per heavy atom. The van der Waals surface area contributed by atoms with E-state index in [1.165, 1.54) is 0 Å². The Bertz CT molecular complexity index is 616. The summed E-state index contributed by atoms with van der Waals surface area (Å²) in [5.41, 5.74) is -0.519. The number of rotatable bonds is 7. The van der Waals surface area contributed by atoms with Crippen molar-refractivity contribution in [2.75, 3.05) is 31.7 Å². The fourth-order valence-electron chi connectivity index (χ4n) is 3.16. The molecule has 2 fully saturated rings. The van der Waals surface area contributed by atoms with Crippen molar-refractivity contribution in [2.24, 2.45) is 5.92 Å². The van der Waals surface area contributed by atoms with Crippen molar-refractivity contribution < 1.29 is 18.7 Å². The molecule has 0 aromatic carbocycles. The second kappa shape index (κ2) is 7.51. The molecule has 1 amide bonds. The molecule has 1 aromatic rings. The third-order valence-electron chi connectivity index (χ3n) is 4.64. The van der Waals surface area contributed by atoms with Gasteiger partial charge in [-0.15, -0.1) is 0 Å². The summed E-state index contributed by atoms with van der Waals surface area (Å²) in [6.45, 7) is 5.46. The molecule has 1 aromatic heterocycles. The molecule has 0 bridgehead atoms. The van der Waals surface area contributed by atoms with Gasteiger partial charge in [0.15, 0.2) is 0 Å². The molecular weight excluding hydrogens is 327 g/mol. The maximum Gasteiger partial charge on any atom is 0.226 e. The number of alkyl halides is 1. The van der Waals surface area contributed by atoms with Crippen molar-refractivity contribution in [3.63, 3.8) is 0 Å². The Kier molecular flexibility index (Phi) is 5.36. The molecule has 8 heteroatoms. The summed E-state index contributed by atoms with van der Waals surface area (Å²) in [4.78, 5) is 20.4. The highest BCUT2D eigenvalue weighted by atomic mass is 19.1. The van der Waals surface area contributed by atoms with Gasteiger partial charge in [-0.3, -0.25) is 4.79 Å². The van der Waals surface area contributed by atoms with Crippen molar-refractivity contribution >= 4 is 11.9 Å². The highest BCUT2D eigenvalue weighted by Crippen LogP contribution is 2.36. The van der Waals surface area contributed by atoms with Crippen LogP contribution in [-0.2, 0) is 9.53 Å². The van der Waals surface area contributed by atoms with Crippen LogP contribution in [0.3, 0.4) is 0 Å². The van der Waals surface area contributed by atoms with Gasteiger partial charge in [-0.05, 0) is 20.3 Å². The van der Waals surface area contributed by atoms with E-state index in [1.54, 1.807) is 6.20 Å². The van der Waals surface area contributed by atoms with Gasteiger partial charge in [0.25, 0.3) is 0 Å². The van der Waals surface area contributed by atoms with Crippen molar-refractivity contribution in [3.8, 4) is 5.88 Å². The number of hydrogen-bond donors (Lipinski definition) is 2. The smallest absolute Gasteiger partial charge is 0.226 e. The molecule has 1 aliphatic carbocycles. The zero-order valence-corrected chi connectivity index (χ0v) is 14.7. The maximum absolute atomic E-state index is 14.7. The summed E-state index contributed by atoms with van der Waals surface area (Å²) in [7, 11) is 0. The molecule has 1 aliphatic heterocycles. The van der Waals surface area contributed by atoms with Gasteiger partial charge in [-0.2, -0.15) is 4.98 Å². The molecule has 2 aliphatic rings. The maximum atomic E-state index is 14.7. The average molecular weight is 352 g/mol. The zero-order chi connectivity index (χ0) is 17.9. The third-order valence-corrected chi connectivity index (χ3v) is 4.64. The van der Waals surface area contributed by atoms with E-state index in [1.807, 2.05) is 13.8 Å². The first-order valence-electron chi connectivity index (χ1n) is 8.76. The first kappa shape index (κ1) is 17.8. The minimum atomic E-state index is -1.36. The SMILES string of the molecule is CCOc1nc(NCC2(F)CC(NC(=O)C3CCOC3)C2)ncc1C. The molecular formula is C17H25FN4O3. The molecule has 2 heterocycles. The Labute approximate surface area is 146 Å². The minimum Gasteiger partial charge on any atom is -0.478 e. The second-order valence-corrected chi connectivity index (χ2v) is 6.79. The lowest BCUT2D eigenvalue weighted by Gasteiger charge is -2.42. The quantitative estimate of drug-likeness (QED) is 0.776. The highest BCUT2D eigenvalue weighted by Gasteiger charge is 2.46. The predicted molar refractivity (Wildman–Crippen MR) is 90.4 cm³/mol. The van der Waals surface area contributed by atoms with Crippen LogP contribution in [0.4, 0.5) is 10.3 Å². The monoisotopic (exact) mass is 352 g/mol. The standard InChI is InChI=1S/C17H25FN4O3/c1-3-25-15-11(2)8-19-16(22-15)20-10-17(18)6-13(7-17)21-14(23)12-4-5-24-9-12/h8,12-13H,3-7,9-10H2,1-2H3,(H,21,23)(H,19,20,22). The Hall–Kier alpha value is -1.96. The number of amides is 1. The molecule has 3 rings (SSSR count). The molecule has 1 unspecified atom stereocenters. The number of nitrogens with zero attached hydrogens (tertiary/aromatic N) is 2. The number of halogens is 1. The Morgan fingerprint density at radius 2 is 2.32 bits per heavy atom. The molecule has 1 saturated carbocycles. The van der Waals surface area contributed by atoms with Gasteiger partial charge in [0, 0.05) is 37.3 Å². The number of aryl methyl sites for hydroxylation is 1. The van der Waals surface area contributed by atoms with Crippen LogP contribution >= 0.6 is 0 Å². The fraction of sp³-hybridized carbons (Fsp3) is 0.706. The minimum absolute atomic E-state index is 0.0271.